The van der Waals surface area contributed by atoms with E-state index in [0.717, 1.165) is 57.2 Å². The van der Waals surface area contributed by atoms with Crippen molar-refractivity contribution < 1.29 is 0 Å². The molecule has 0 spiro atoms. The highest BCUT2D eigenvalue weighted by Crippen LogP contribution is 2.56. The van der Waals surface area contributed by atoms with Crippen LogP contribution >= 0.6 is 0 Å². The molecule has 1 aromatic heterocycles. The van der Waals surface area contributed by atoms with Crippen LogP contribution in [-0.4, -0.2) is 10.3 Å². The third-order valence-corrected chi connectivity index (χ3v) is 11.9. The average Bonchev–Trinajstić information content (AvgIpc) is 3.55. The van der Waals surface area contributed by atoms with Gasteiger partial charge >= 0.3 is 0 Å². The molecule has 0 N–H and O–H groups in total. The van der Waals surface area contributed by atoms with Gasteiger partial charge in [0.15, 0.2) is 0 Å². The van der Waals surface area contributed by atoms with E-state index in [4.69, 9.17) is 4.99 Å². The van der Waals surface area contributed by atoms with E-state index < -0.39 is 0 Å². The lowest BCUT2D eigenvalue weighted by atomic mass is 9.55. The predicted molar refractivity (Wildman–Crippen MR) is 218 cm³/mol. The van der Waals surface area contributed by atoms with Gasteiger partial charge in [-0.3, -0.25) is 4.57 Å². The summed E-state index contributed by atoms with van der Waals surface area (Å²) in [6.45, 7) is 0. The summed E-state index contributed by atoms with van der Waals surface area (Å²) in [6, 6.07) is 45.2. The Labute approximate surface area is 306 Å². The first-order valence-electron chi connectivity index (χ1n) is 19.1. The molecular formula is C50H42N2. The zero-order valence-electron chi connectivity index (χ0n) is 29.6. The molecule has 1 atom stereocenters. The standard InChI is InChI=1S/C50H42N2/c1-3-16-35(17-4-1)32-38-30-31-39(46-26-15-29-49(51-46)52-47-27-13-9-22-41(47)42-23-10-14-28-48(42)52)34-45(38)50(40-20-5-2-6-21-40)43-24-11-7-18-36(43)33-37-19-8-12-25-44(37)50/h1-5,7-11,13-14,16-20,22-24,27-31,34H,6,12,15,21,25-26,32-33H2. The molecule has 6 aromatic rings. The number of aliphatic imine (C=N–C) groups is 1. The first-order valence-corrected chi connectivity index (χ1v) is 19.1. The maximum atomic E-state index is 5.55. The van der Waals surface area contributed by atoms with Crippen LogP contribution in [0.4, 0.5) is 0 Å². The Balaban J connectivity index is 1.22. The maximum absolute atomic E-state index is 5.55. The first-order chi connectivity index (χ1) is 25.8. The summed E-state index contributed by atoms with van der Waals surface area (Å²) in [7, 11) is 0. The van der Waals surface area contributed by atoms with E-state index in [9.17, 15) is 0 Å². The summed E-state index contributed by atoms with van der Waals surface area (Å²) >= 11 is 0. The summed E-state index contributed by atoms with van der Waals surface area (Å²) in [4.78, 5) is 5.55. The fourth-order valence-corrected chi connectivity index (χ4v) is 9.65. The van der Waals surface area contributed by atoms with Crippen molar-refractivity contribution in [3.8, 4) is 0 Å². The van der Waals surface area contributed by atoms with Gasteiger partial charge in [-0.15, -0.1) is 0 Å². The van der Waals surface area contributed by atoms with E-state index >= 15 is 0 Å². The molecule has 0 radical (unpaired) electrons. The van der Waals surface area contributed by atoms with Gasteiger partial charge in [-0.2, -0.15) is 0 Å². The highest BCUT2D eigenvalue weighted by atomic mass is 15.1. The summed E-state index contributed by atoms with van der Waals surface area (Å²) in [5, 5.41) is 2.54. The predicted octanol–water partition coefficient (Wildman–Crippen LogP) is 12.2. The third kappa shape index (κ3) is 4.96. The van der Waals surface area contributed by atoms with Crippen LogP contribution in [0.25, 0.3) is 27.6 Å². The minimum atomic E-state index is -0.333. The summed E-state index contributed by atoms with van der Waals surface area (Å²) in [6.07, 6.45) is 22.3. The summed E-state index contributed by atoms with van der Waals surface area (Å²) < 4.78 is 2.37. The van der Waals surface area contributed by atoms with Gasteiger partial charge in [-0.05, 0) is 120 Å². The Morgan fingerprint density at radius 2 is 1.40 bits per heavy atom. The smallest absolute Gasteiger partial charge is 0.133 e. The largest absolute Gasteiger partial charge is 0.294 e. The lowest BCUT2D eigenvalue weighted by Crippen LogP contribution is -2.39. The second kappa shape index (κ2) is 12.8. The molecule has 52 heavy (non-hydrogen) atoms. The first kappa shape index (κ1) is 31.0. The second-order valence-corrected chi connectivity index (χ2v) is 14.8. The molecule has 0 saturated heterocycles. The van der Waals surface area contributed by atoms with E-state index in [1.807, 2.05) is 0 Å². The summed E-state index contributed by atoms with van der Waals surface area (Å²) in [5.74, 6) is 1.02. The van der Waals surface area contributed by atoms with E-state index in [1.165, 1.54) is 72.0 Å². The van der Waals surface area contributed by atoms with Crippen molar-refractivity contribution in [2.75, 3.05) is 0 Å². The lowest BCUT2D eigenvalue weighted by molar-refractivity contribution is 0.595. The highest BCUT2D eigenvalue weighted by molar-refractivity contribution is 6.11. The maximum Gasteiger partial charge on any atom is 0.133 e. The molecule has 4 aliphatic rings. The zero-order chi connectivity index (χ0) is 34.5. The van der Waals surface area contributed by atoms with Gasteiger partial charge < -0.3 is 0 Å². The van der Waals surface area contributed by atoms with Gasteiger partial charge in [0.2, 0.25) is 0 Å². The topological polar surface area (TPSA) is 17.3 Å². The highest BCUT2D eigenvalue weighted by Gasteiger charge is 2.47. The van der Waals surface area contributed by atoms with Crippen molar-refractivity contribution in [2.45, 2.75) is 56.8 Å². The van der Waals surface area contributed by atoms with Crippen molar-refractivity contribution in [2.24, 2.45) is 4.99 Å². The molecule has 5 aromatic carbocycles. The number of para-hydroxylation sites is 2. The Hall–Kier alpha value is -5.73. The number of hydrogen-bond acceptors (Lipinski definition) is 1. The molecule has 0 saturated carbocycles. The number of hydrogen-bond donors (Lipinski definition) is 0. The Morgan fingerprint density at radius 3 is 2.21 bits per heavy atom. The molecule has 3 aliphatic carbocycles. The van der Waals surface area contributed by atoms with Gasteiger partial charge in [-0.1, -0.05) is 139 Å². The molecule has 2 nitrogen and oxygen atoms in total. The average molecular weight is 671 g/mol. The molecule has 0 bridgehead atoms. The van der Waals surface area contributed by atoms with Crippen LogP contribution in [-0.2, 0) is 18.3 Å². The molecule has 1 unspecified atom stereocenters. The van der Waals surface area contributed by atoms with Crippen LogP contribution in [0, 0.1) is 0 Å². The molecule has 0 amide bonds. The monoisotopic (exact) mass is 670 g/mol. The van der Waals surface area contributed by atoms with E-state index in [2.05, 4.69) is 162 Å². The van der Waals surface area contributed by atoms with Crippen molar-refractivity contribution in [1.82, 2.24) is 4.57 Å². The molecule has 2 heterocycles. The number of rotatable bonds is 6. The normalized spacial score (nSPS) is 19.7. The van der Waals surface area contributed by atoms with Crippen LogP contribution in [0.3, 0.4) is 0 Å². The Morgan fingerprint density at radius 1 is 0.654 bits per heavy atom. The Kier molecular flexibility index (Phi) is 7.64. The fraction of sp³-hybridized carbons (Fsp3) is 0.180. The number of benzene rings is 5. The second-order valence-electron chi connectivity index (χ2n) is 14.8. The SMILES string of the molecule is C1=CCCC(C2(c3cc(C4=NC(n5c6ccccc6c6ccccc65)=CCC4)ccc3Cc3ccccc3)C3=C(C=CCC3)Cc3ccccc32)=C1. The number of fused-ring (bicyclic) bond motifs is 4. The van der Waals surface area contributed by atoms with Crippen molar-refractivity contribution in [1.29, 1.82) is 0 Å². The van der Waals surface area contributed by atoms with Crippen LogP contribution in [0.5, 0.6) is 0 Å². The van der Waals surface area contributed by atoms with Crippen molar-refractivity contribution in [3.63, 3.8) is 0 Å². The van der Waals surface area contributed by atoms with Gasteiger partial charge in [0.05, 0.1) is 22.2 Å². The molecule has 252 valence electrons. The molecule has 0 fully saturated rings. The number of allylic oxidation sites excluding steroid dienone is 9. The molecule has 10 rings (SSSR count). The van der Waals surface area contributed by atoms with Crippen LogP contribution in [0.15, 0.2) is 179 Å². The van der Waals surface area contributed by atoms with Crippen molar-refractivity contribution in [3.05, 3.63) is 208 Å². The molecular weight excluding hydrogens is 629 g/mol. The third-order valence-electron chi connectivity index (χ3n) is 11.9. The minimum Gasteiger partial charge on any atom is -0.294 e. The molecule has 2 heteroatoms. The van der Waals surface area contributed by atoms with Crippen LogP contribution in [0.1, 0.15) is 71.9 Å². The Bertz CT molecular complexity index is 2510. The van der Waals surface area contributed by atoms with Crippen LogP contribution < -0.4 is 0 Å². The quantitative estimate of drug-likeness (QED) is 0.168. The molecule has 1 aliphatic heterocycles. The number of nitrogens with zero attached hydrogens (tertiary/aromatic N) is 2. The van der Waals surface area contributed by atoms with E-state index in [-0.39, 0.29) is 5.41 Å². The minimum absolute atomic E-state index is 0.333. The number of aromatic nitrogens is 1. The van der Waals surface area contributed by atoms with E-state index in [1.54, 1.807) is 5.57 Å². The van der Waals surface area contributed by atoms with Gasteiger partial charge in [0.25, 0.3) is 0 Å². The van der Waals surface area contributed by atoms with Gasteiger partial charge in [0, 0.05) is 10.8 Å². The van der Waals surface area contributed by atoms with Gasteiger partial charge in [0.1, 0.15) is 5.82 Å². The van der Waals surface area contributed by atoms with Gasteiger partial charge in [-0.25, -0.2) is 4.99 Å². The zero-order valence-corrected chi connectivity index (χ0v) is 29.6. The summed E-state index contributed by atoms with van der Waals surface area (Å²) in [5.41, 5.74) is 16.2. The van der Waals surface area contributed by atoms with Crippen LogP contribution in [0.2, 0.25) is 0 Å². The van der Waals surface area contributed by atoms with E-state index in [0.29, 0.717) is 0 Å². The lowest BCUT2D eigenvalue weighted by Gasteiger charge is -2.47. The van der Waals surface area contributed by atoms with Crippen molar-refractivity contribution >= 4 is 33.3 Å². The fourth-order valence-electron chi connectivity index (χ4n) is 9.65.